The first kappa shape index (κ1) is 40.4. The molecule has 306 valence electrons. The van der Waals surface area contributed by atoms with Crippen molar-refractivity contribution in [2.45, 2.75) is 77.0 Å². The summed E-state index contributed by atoms with van der Waals surface area (Å²) in [6.45, 7) is 14.8. The van der Waals surface area contributed by atoms with Crippen LogP contribution in [0.4, 0.5) is 11.5 Å². The van der Waals surface area contributed by atoms with Crippen molar-refractivity contribution in [1.82, 2.24) is 30.8 Å². The highest BCUT2D eigenvalue weighted by atomic mass is 16.5. The summed E-state index contributed by atoms with van der Waals surface area (Å²) < 4.78 is 11.9. The van der Waals surface area contributed by atoms with Gasteiger partial charge >= 0.3 is 0 Å². The summed E-state index contributed by atoms with van der Waals surface area (Å²) in [6.07, 6.45) is 6.29. The SMILES string of the molecule is COc1cc(OC2(C)CC(C)(NC(=O)c3ccc(N4CCC(CN5CCN(c6cnc(C(=O)N[C@H]7CCC(=O)NC7=O)cn6)CC5)CC4)cc3)C2(C)C)ccc1C#N. The maximum Gasteiger partial charge on any atom is 0.272 e. The molecule has 4 amide bonds. The molecule has 0 bridgehead atoms. The van der Waals surface area contributed by atoms with E-state index in [9.17, 15) is 24.4 Å². The number of carbonyl (C=O) groups excluding carboxylic acids is 4. The van der Waals surface area contributed by atoms with E-state index in [0.717, 1.165) is 64.3 Å². The van der Waals surface area contributed by atoms with Crippen LogP contribution in [0.2, 0.25) is 0 Å². The molecule has 58 heavy (non-hydrogen) atoms. The maximum absolute atomic E-state index is 13.5. The second-order valence-corrected chi connectivity index (χ2v) is 16.9. The van der Waals surface area contributed by atoms with E-state index >= 15 is 0 Å². The number of aromatic nitrogens is 2. The van der Waals surface area contributed by atoms with Crippen molar-refractivity contribution in [3.8, 4) is 17.6 Å². The van der Waals surface area contributed by atoms with Crippen LogP contribution in [0, 0.1) is 22.7 Å². The van der Waals surface area contributed by atoms with Crippen LogP contribution in [0.25, 0.3) is 0 Å². The van der Waals surface area contributed by atoms with Gasteiger partial charge in [-0.15, -0.1) is 0 Å². The summed E-state index contributed by atoms with van der Waals surface area (Å²) in [5.41, 5.74) is 0.873. The fourth-order valence-corrected chi connectivity index (χ4v) is 8.76. The van der Waals surface area contributed by atoms with Crippen LogP contribution in [0.15, 0.2) is 54.9 Å². The Morgan fingerprint density at radius 2 is 1.64 bits per heavy atom. The number of methoxy groups -OCH3 is 1. The highest BCUT2D eigenvalue weighted by molar-refractivity contribution is 6.03. The van der Waals surface area contributed by atoms with Crippen molar-refractivity contribution < 1.29 is 28.7 Å². The number of nitrogens with one attached hydrogen (secondary N) is 3. The number of piperazine rings is 1. The molecule has 2 aromatic carbocycles. The van der Waals surface area contributed by atoms with Gasteiger partial charge in [-0.05, 0) is 75.4 Å². The number of rotatable bonds is 11. The van der Waals surface area contributed by atoms with Gasteiger partial charge in [-0.25, -0.2) is 9.97 Å². The highest BCUT2D eigenvalue weighted by Gasteiger charge is 2.67. The van der Waals surface area contributed by atoms with Crippen LogP contribution in [0.1, 0.15) is 86.2 Å². The summed E-state index contributed by atoms with van der Waals surface area (Å²) in [4.78, 5) is 65.4. The Kier molecular flexibility index (Phi) is 11.3. The van der Waals surface area contributed by atoms with Gasteiger partial charge in [-0.2, -0.15) is 5.26 Å². The molecule has 1 aromatic heterocycles. The zero-order valence-corrected chi connectivity index (χ0v) is 34.0. The number of piperidine rings is 2. The number of ether oxygens (including phenoxy) is 2. The lowest BCUT2D eigenvalue weighted by Crippen LogP contribution is -2.77. The molecule has 3 N–H and O–H groups in total. The van der Waals surface area contributed by atoms with Crippen molar-refractivity contribution in [3.63, 3.8) is 0 Å². The topological polar surface area (TPSA) is 182 Å². The molecule has 0 radical (unpaired) electrons. The number of hydrogen-bond acceptors (Lipinski definition) is 12. The Labute approximate surface area is 339 Å². The van der Waals surface area contributed by atoms with Gasteiger partial charge < -0.3 is 29.9 Å². The van der Waals surface area contributed by atoms with Crippen molar-refractivity contribution in [1.29, 1.82) is 5.26 Å². The number of imide groups is 1. The molecule has 2 unspecified atom stereocenters. The van der Waals surface area contributed by atoms with E-state index < -0.39 is 34.4 Å². The molecular weight excluding hydrogens is 739 g/mol. The normalized spacial score (nSPS) is 24.9. The second-order valence-electron chi connectivity index (χ2n) is 16.9. The van der Waals surface area contributed by atoms with Crippen LogP contribution in [-0.4, -0.2) is 109 Å². The number of nitriles is 1. The lowest BCUT2D eigenvalue weighted by Gasteiger charge is -2.65. The van der Waals surface area contributed by atoms with Gasteiger partial charge in [0.2, 0.25) is 11.8 Å². The predicted octanol–water partition coefficient (Wildman–Crippen LogP) is 3.69. The molecule has 15 heteroatoms. The lowest BCUT2D eigenvalue weighted by molar-refractivity contribution is -0.180. The lowest BCUT2D eigenvalue weighted by atomic mass is 9.48. The molecule has 15 nitrogen and oxygen atoms in total. The van der Waals surface area contributed by atoms with Gasteiger partial charge in [-0.3, -0.25) is 29.4 Å². The van der Waals surface area contributed by atoms with Crippen molar-refractivity contribution in [2.24, 2.45) is 11.3 Å². The first-order valence-electron chi connectivity index (χ1n) is 20.1. The summed E-state index contributed by atoms with van der Waals surface area (Å²) in [7, 11) is 1.53. The van der Waals surface area contributed by atoms with E-state index in [1.165, 1.54) is 13.3 Å². The molecule has 3 saturated heterocycles. The highest BCUT2D eigenvalue weighted by Crippen LogP contribution is 2.58. The zero-order chi connectivity index (χ0) is 41.2. The van der Waals surface area contributed by atoms with Crippen LogP contribution in [-0.2, 0) is 9.59 Å². The van der Waals surface area contributed by atoms with E-state index in [0.29, 0.717) is 40.8 Å². The summed E-state index contributed by atoms with van der Waals surface area (Å²) in [5, 5.41) is 17.5. The van der Waals surface area contributed by atoms with E-state index in [-0.39, 0.29) is 30.3 Å². The first-order valence-corrected chi connectivity index (χ1v) is 20.1. The van der Waals surface area contributed by atoms with E-state index in [1.54, 1.807) is 24.4 Å². The number of amides is 4. The minimum absolute atomic E-state index is 0.110. The Morgan fingerprint density at radius 1 is 0.914 bits per heavy atom. The van der Waals surface area contributed by atoms with Gasteiger partial charge in [-0.1, -0.05) is 13.8 Å². The minimum atomic E-state index is -0.761. The van der Waals surface area contributed by atoms with Crippen molar-refractivity contribution in [2.75, 3.05) is 62.7 Å². The average molecular weight is 792 g/mol. The van der Waals surface area contributed by atoms with Crippen molar-refractivity contribution in [3.05, 3.63) is 71.7 Å². The molecule has 1 aliphatic carbocycles. The van der Waals surface area contributed by atoms with E-state index in [2.05, 4.69) is 86.5 Å². The third-order valence-corrected chi connectivity index (χ3v) is 13.2. The molecule has 3 atom stereocenters. The quantitative estimate of drug-likeness (QED) is 0.240. The van der Waals surface area contributed by atoms with Gasteiger partial charge in [0.25, 0.3) is 11.8 Å². The maximum atomic E-state index is 13.5. The smallest absolute Gasteiger partial charge is 0.272 e. The number of nitrogens with zero attached hydrogens (tertiary/aromatic N) is 6. The standard InChI is InChI=1S/C43H53N9O6/c1-41(2)42(3,27-43(41,4)58-32-11-8-30(23-44)35(22-32)57-5)49-38(54)29-6-9-31(10-7-29)51-16-14-28(15-17-51)26-50-18-20-52(21-19-50)36-25-45-34(24-46-36)40(56)47-33-12-13-37(53)48-39(33)55/h6-11,22,24-25,28,33H,12-21,26-27H2,1-5H3,(H,47,56)(H,49,54)(H,48,53,55)/t33-,42?,43?/m0/s1. The largest absolute Gasteiger partial charge is 0.495 e. The second kappa shape index (κ2) is 16.2. The predicted molar refractivity (Wildman–Crippen MR) is 217 cm³/mol. The molecule has 4 aliphatic rings. The van der Waals surface area contributed by atoms with Gasteiger partial charge in [0, 0.05) is 81.4 Å². The number of benzene rings is 2. The summed E-state index contributed by atoms with van der Waals surface area (Å²) >= 11 is 0. The molecule has 4 heterocycles. The fourth-order valence-electron chi connectivity index (χ4n) is 8.76. The first-order chi connectivity index (χ1) is 27.7. The fraction of sp³-hybridized carbons (Fsp3) is 0.512. The molecule has 3 aliphatic heterocycles. The van der Waals surface area contributed by atoms with E-state index in [4.69, 9.17) is 9.47 Å². The Bertz CT molecular complexity index is 2070. The summed E-state index contributed by atoms with van der Waals surface area (Å²) in [6, 6.07) is 14.5. The molecule has 0 spiro atoms. The number of anilines is 2. The van der Waals surface area contributed by atoms with E-state index in [1.807, 2.05) is 12.1 Å². The Balaban J connectivity index is 0.835. The zero-order valence-electron chi connectivity index (χ0n) is 34.0. The Morgan fingerprint density at radius 3 is 2.26 bits per heavy atom. The Hall–Kier alpha value is -5.75. The number of carbonyl (C=O) groups is 4. The van der Waals surface area contributed by atoms with Gasteiger partial charge in [0.05, 0.1) is 30.6 Å². The monoisotopic (exact) mass is 791 g/mol. The van der Waals surface area contributed by atoms with Gasteiger partial charge in [0.15, 0.2) is 0 Å². The minimum Gasteiger partial charge on any atom is -0.495 e. The molecule has 3 aromatic rings. The van der Waals surface area contributed by atoms with Crippen molar-refractivity contribution >= 4 is 35.1 Å². The third kappa shape index (κ3) is 8.16. The summed E-state index contributed by atoms with van der Waals surface area (Å²) in [5.74, 6) is 0.966. The molecular formula is C43H53N9O6. The average Bonchev–Trinajstić information content (AvgIpc) is 3.22. The van der Waals surface area contributed by atoms with Crippen LogP contribution in [0.3, 0.4) is 0 Å². The van der Waals surface area contributed by atoms with Crippen LogP contribution in [0.5, 0.6) is 11.5 Å². The molecule has 7 rings (SSSR count). The number of hydrogen-bond donors (Lipinski definition) is 3. The molecule has 1 saturated carbocycles. The van der Waals surface area contributed by atoms with Crippen LogP contribution < -0.4 is 35.2 Å². The molecule has 4 fully saturated rings. The third-order valence-electron chi connectivity index (χ3n) is 13.2. The van der Waals surface area contributed by atoms with Crippen LogP contribution >= 0.6 is 0 Å². The van der Waals surface area contributed by atoms with Gasteiger partial charge in [0.1, 0.15) is 40.7 Å².